The van der Waals surface area contributed by atoms with Gasteiger partial charge >= 0.3 is 0 Å². The smallest absolute Gasteiger partial charge is 0.271 e. The van der Waals surface area contributed by atoms with E-state index in [0.29, 0.717) is 5.56 Å². The van der Waals surface area contributed by atoms with E-state index in [1.807, 2.05) is 54.6 Å². The molecule has 0 aliphatic rings. The molecular formula is C25H23N3O. The van der Waals surface area contributed by atoms with Crippen molar-refractivity contribution >= 4 is 22.9 Å². The summed E-state index contributed by atoms with van der Waals surface area (Å²) < 4.78 is 2.21. The molecule has 4 rings (SSSR count). The van der Waals surface area contributed by atoms with E-state index in [4.69, 9.17) is 0 Å². The molecule has 0 radical (unpaired) electrons. The van der Waals surface area contributed by atoms with Gasteiger partial charge in [0.05, 0.1) is 6.21 Å². The van der Waals surface area contributed by atoms with Gasteiger partial charge in [0, 0.05) is 28.2 Å². The average Bonchev–Trinajstić information content (AvgIpc) is 3.01. The summed E-state index contributed by atoms with van der Waals surface area (Å²) in [5.41, 5.74) is 8.83. The van der Waals surface area contributed by atoms with E-state index < -0.39 is 0 Å². The molecule has 0 bridgehead atoms. The number of carbonyl (C=O) groups excluding carboxylic acids is 1. The van der Waals surface area contributed by atoms with Crippen LogP contribution in [-0.4, -0.2) is 16.7 Å². The predicted octanol–water partition coefficient (Wildman–Crippen LogP) is 5.32. The Morgan fingerprint density at radius 1 is 0.931 bits per heavy atom. The van der Waals surface area contributed by atoms with Crippen LogP contribution < -0.4 is 5.43 Å². The molecule has 144 valence electrons. The number of aryl methyl sites for hydroxylation is 2. The minimum atomic E-state index is -0.217. The standard InChI is InChI=1S/C25H23N3O/c1-17-9-4-7-14-24(17)28-18(2)15-21(19(28)3)16-26-27-25(29)23-13-8-11-20-10-5-6-12-22(20)23/h4-16H,1-3H3,(H,27,29)/b26-16-. The van der Waals surface area contributed by atoms with Crippen molar-refractivity contribution in [3.05, 3.63) is 101 Å². The highest BCUT2D eigenvalue weighted by atomic mass is 16.2. The van der Waals surface area contributed by atoms with Gasteiger partial charge in [-0.15, -0.1) is 0 Å². The highest BCUT2D eigenvalue weighted by molar-refractivity contribution is 6.07. The number of para-hydroxylation sites is 1. The molecule has 0 atom stereocenters. The molecule has 0 saturated heterocycles. The van der Waals surface area contributed by atoms with Crippen molar-refractivity contribution in [1.82, 2.24) is 9.99 Å². The van der Waals surface area contributed by atoms with E-state index >= 15 is 0 Å². The Morgan fingerprint density at radius 3 is 2.48 bits per heavy atom. The fourth-order valence-electron chi connectivity index (χ4n) is 3.75. The van der Waals surface area contributed by atoms with Crippen LogP contribution >= 0.6 is 0 Å². The lowest BCUT2D eigenvalue weighted by atomic mass is 10.0. The summed E-state index contributed by atoms with van der Waals surface area (Å²) in [6.45, 7) is 6.24. The number of nitrogens with one attached hydrogen (secondary N) is 1. The van der Waals surface area contributed by atoms with Crippen LogP contribution in [0.5, 0.6) is 0 Å². The number of hydrogen-bond acceptors (Lipinski definition) is 2. The van der Waals surface area contributed by atoms with E-state index in [2.05, 4.69) is 54.1 Å². The van der Waals surface area contributed by atoms with Crippen LogP contribution in [0.4, 0.5) is 0 Å². The zero-order valence-electron chi connectivity index (χ0n) is 16.8. The van der Waals surface area contributed by atoms with Gasteiger partial charge < -0.3 is 4.57 Å². The summed E-state index contributed by atoms with van der Waals surface area (Å²) in [4.78, 5) is 12.6. The molecule has 0 aliphatic heterocycles. The summed E-state index contributed by atoms with van der Waals surface area (Å²) in [5, 5.41) is 6.17. The third kappa shape index (κ3) is 3.57. The minimum absolute atomic E-state index is 0.217. The van der Waals surface area contributed by atoms with Crippen LogP contribution in [0.3, 0.4) is 0 Å². The molecule has 0 saturated carbocycles. The number of hydrogen-bond donors (Lipinski definition) is 1. The number of fused-ring (bicyclic) bond motifs is 1. The predicted molar refractivity (Wildman–Crippen MR) is 119 cm³/mol. The first-order valence-electron chi connectivity index (χ1n) is 9.62. The van der Waals surface area contributed by atoms with Crippen molar-refractivity contribution in [3.63, 3.8) is 0 Å². The van der Waals surface area contributed by atoms with Crippen LogP contribution in [0, 0.1) is 20.8 Å². The molecule has 0 spiro atoms. The van der Waals surface area contributed by atoms with Crippen LogP contribution in [0.25, 0.3) is 16.5 Å². The third-order valence-corrected chi connectivity index (χ3v) is 5.23. The van der Waals surface area contributed by atoms with Gasteiger partial charge in [-0.05, 0) is 55.3 Å². The molecular weight excluding hydrogens is 358 g/mol. The first kappa shape index (κ1) is 18.7. The normalized spacial score (nSPS) is 11.3. The summed E-state index contributed by atoms with van der Waals surface area (Å²) in [6, 6.07) is 23.9. The molecule has 3 aromatic carbocycles. The van der Waals surface area contributed by atoms with Crippen LogP contribution in [0.1, 0.15) is 32.9 Å². The number of carbonyl (C=O) groups is 1. The Hall–Kier alpha value is -3.66. The Bertz CT molecular complexity index is 1230. The van der Waals surface area contributed by atoms with E-state index in [9.17, 15) is 4.79 Å². The van der Waals surface area contributed by atoms with Gasteiger partial charge in [-0.3, -0.25) is 4.79 Å². The Balaban J connectivity index is 1.58. The maximum absolute atomic E-state index is 12.6. The number of nitrogens with zero attached hydrogens (tertiary/aromatic N) is 2. The van der Waals surface area contributed by atoms with E-state index in [1.165, 1.54) is 5.56 Å². The second kappa shape index (κ2) is 7.76. The van der Waals surface area contributed by atoms with E-state index in [-0.39, 0.29) is 5.91 Å². The van der Waals surface area contributed by atoms with Crippen molar-refractivity contribution in [1.29, 1.82) is 0 Å². The number of benzene rings is 3. The number of hydrazone groups is 1. The Labute approximate surface area is 170 Å². The van der Waals surface area contributed by atoms with Crippen molar-refractivity contribution in [2.24, 2.45) is 5.10 Å². The lowest BCUT2D eigenvalue weighted by Gasteiger charge is -2.12. The highest BCUT2D eigenvalue weighted by Crippen LogP contribution is 2.22. The topological polar surface area (TPSA) is 46.4 Å². The number of rotatable bonds is 4. The first-order valence-corrected chi connectivity index (χ1v) is 9.62. The first-order chi connectivity index (χ1) is 14.1. The maximum Gasteiger partial charge on any atom is 0.271 e. The van der Waals surface area contributed by atoms with Gasteiger partial charge in [0.1, 0.15) is 0 Å². The van der Waals surface area contributed by atoms with Crippen molar-refractivity contribution in [2.75, 3.05) is 0 Å². The third-order valence-electron chi connectivity index (χ3n) is 5.23. The molecule has 0 fully saturated rings. The van der Waals surface area contributed by atoms with Crippen LogP contribution in [0.2, 0.25) is 0 Å². The average molecular weight is 381 g/mol. The molecule has 4 heteroatoms. The Morgan fingerprint density at radius 2 is 1.66 bits per heavy atom. The molecule has 1 amide bonds. The molecule has 1 N–H and O–H groups in total. The molecule has 4 aromatic rings. The zero-order valence-corrected chi connectivity index (χ0v) is 16.8. The van der Waals surface area contributed by atoms with Gasteiger partial charge in [0.2, 0.25) is 0 Å². The van der Waals surface area contributed by atoms with Gasteiger partial charge in [-0.1, -0.05) is 54.6 Å². The quantitative estimate of drug-likeness (QED) is 0.377. The monoisotopic (exact) mass is 381 g/mol. The minimum Gasteiger partial charge on any atom is -0.318 e. The largest absolute Gasteiger partial charge is 0.318 e. The van der Waals surface area contributed by atoms with E-state index in [0.717, 1.165) is 33.4 Å². The van der Waals surface area contributed by atoms with E-state index in [1.54, 1.807) is 6.21 Å². The van der Waals surface area contributed by atoms with Crippen molar-refractivity contribution < 1.29 is 4.79 Å². The zero-order chi connectivity index (χ0) is 20.4. The number of aromatic nitrogens is 1. The molecule has 1 aromatic heterocycles. The summed E-state index contributed by atoms with van der Waals surface area (Å²) in [5.74, 6) is -0.217. The van der Waals surface area contributed by atoms with Gasteiger partial charge in [0.25, 0.3) is 5.91 Å². The molecule has 1 heterocycles. The highest BCUT2D eigenvalue weighted by Gasteiger charge is 2.12. The fraction of sp³-hybridized carbons (Fsp3) is 0.120. The summed E-state index contributed by atoms with van der Waals surface area (Å²) >= 11 is 0. The molecule has 4 nitrogen and oxygen atoms in total. The summed E-state index contributed by atoms with van der Waals surface area (Å²) in [6.07, 6.45) is 1.71. The van der Waals surface area contributed by atoms with Gasteiger partial charge in [0.15, 0.2) is 0 Å². The molecule has 29 heavy (non-hydrogen) atoms. The molecule has 0 unspecified atom stereocenters. The Kier molecular flexibility index (Phi) is 5.00. The SMILES string of the molecule is Cc1ccccc1-n1c(C)cc(/C=N\NC(=O)c2cccc3ccccc23)c1C. The number of amides is 1. The van der Waals surface area contributed by atoms with Crippen LogP contribution in [0.15, 0.2) is 77.9 Å². The lowest BCUT2D eigenvalue weighted by molar-refractivity contribution is 0.0957. The maximum atomic E-state index is 12.6. The lowest BCUT2D eigenvalue weighted by Crippen LogP contribution is -2.18. The second-order valence-electron chi connectivity index (χ2n) is 7.17. The molecule has 0 aliphatic carbocycles. The van der Waals surface area contributed by atoms with Gasteiger partial charge in [-0.2, -0.15) is 5.10 Å². The van der Waals surface area contributed by atoms with Gasteiger partial charge in [-0.25, -0.2) is 5.43 Å². The second-order valence-corrected chi connectivity index (χ2v) is 7.17. The van der Waals surface area contributed by atoms with Crippen molar-refractivity contribution in [3.8, 4) is 5.69 Å². The fourth-order valence-corrected chi connectivity index (χ4v) is 3.75. The van der Waals surface area contributed by atoms with Crippen molar-refractivity contribution in [2.45, 2.75) is 20.8 Å². The summed E-state index contributed by atoms with van der Waals surface area (Å²) in [7, 11) is 0. The van der Waals surface area contributed by atoms with Crippen LogP contribution in [-0.2, 0) is 0 Å².